The smallest absolute Gasteiger partial charge is 0.467 e. The largest absolute Gasteiger partial charge is 0.471 e. The lowest BCUT2D eigenvalue weighted by Gasteiger charge is -2.13. The average Bonchev–Trinajstić information content (AvgIpc) is 3.10. The van der Waals surface area contributed by atoms with E-state index >= 15 is 0 Å². The predicted octanol–water partition coefficient (Wildman–Crippen LogP) is 0.948. The average molecular weight is 373 g/mol. The van der Waals surface area contributed by atoms with Gasteiger partial charge in [-0.3, -0.25) is 4.79 Å². The number of carbonyl (C=O) groups excluding carboxylic acids is 2. The van der Waals surface area contributed by atoms with Crippen molar-refractivity contribution in [2.45, 2.75) is 18.6 Å². The summed E-state index contributed by atoms with van der Waals surface area (Å²) in [5.74, 6) is -3.01. The molecule has 0 aliphatic carbocycles. The predicted molar refractivity (Wildman–Crippen MR) is 79.5 cm³/mol. The highest BCUT2D eigenvalue weighted by atomic mass is 19.4. The first kappa shape index (κ1) is 19.4. The van der Waals surface area contributed by atoms with Crippen LogP contribution in [0, 0.1) is 0 Å². The molecule has 0 fully saturated rings. The topological polar surface area (TPSA) is 115 Å². The van der Waals surface area contributed by atoms with Crippen molar-refractivity contribution in [2.75, 3.05) is 13.7 Å². The Labute approximate surface area is 145 Å². The van der Waals surface area contributed by atoms with Crippen LogP contribution >= 0.6 is 0 Å². The number of halogens is 3. The van der Waals surface area contributed by atoms with Crippen molar-refractivity contribution in [1.82, 2.24) is 15.5 Å². The van der Waals surface area contributed by atoms with Crippen molar-refractivity contribution in [2.24, 2.45) is 0 Å². The zero-order valence-corrected chi connectivity index (χ0v) is 13.4. The van der Waals surface area contributed by atoms with Crippen LogP contribution < -0.4 is 5.32 Å². The Morgan fingerprint density at radius 1 is 1.31 bits per heavy atom. The van der Waals surface area contributed by atoms with Crippen LogP contribution in [0.2, 0.25) is 0 Å². The van der Waals surface area contributed by atoms with Crippen LogP contribution in [0.15, 0.2) is 28.8 Å². The van der Waals surface area contributed by atoms with Gasteiger partial charge >= 0.3 is 18.0 Å². The lowest BCUT2D eigenvalue weighted by Crippen LogP contribution is -2.44. The number of benzene rings is 1. The second kappa shape index (κ2) is 7.95. The molecule has 0 radical (unpaired) electrons. The van der Waals surface area contributed by atoms with E-state index in [9.17, 15) is 22.8 Å². The highest BCUT2D eigenvalue weighted by Crippen LogP contribution is 2.29. The molecule has 1 amide bonds. The molecule has 0 aliphatic heterocycles. The van der Waals surface area contributed by atoms with E-state index < -0.39 is 36.6 Å². The molecule has 2 N–H and O–H groups in total. The molecule has 140 valence electrons. The molecular weight excluding hydrogens is 359 g/mol. The zero-order chi connectivity index (χ0) is 19.3. The van der Waals surface area contributed by atoms with Gasteiger partial charge in [0.25, 0.3) is 0 Å². The van der Waals surface area contributed by atoms with Crippen LogP contribution in [0.1, 0.15) is 11.5 Å². The first-order chi connectivity index (χ1) is 12.2. The molecule has 1 atom stereocenters. The number of amides is 1. The van der Waals surface area contributed by atoms with E-state index in [4.69, 9.17) is 5.11 Å². The van der Waals surface area contributed by atoms with Gasteiger partial charge in [0.15, 0.2) is 6.04 Å². The second-order valence-electron chi connectivity index (χ2n) is 5.12. The van der Waals surface area contributed by atoms with Gasteiger partial charge in [0.2, 0.25) is 11.7 Å². The van der Waals surface area contributed by atoms with Gasteiger partial charge in [0.1, 0.15) is 0 Å². The number of nitrogens with zero attached hydrogens (tertiary/aromatic N) is 2. The molecule has 0 spiro atoms. The molecule has 2 rings (SSSR count). The summed E-state index contributed by atoms with van der Waals surface area (Å²) in [6, 6.07) is 4.66. The fourth-order valence-electron chi connectivity index (χ4n) is 1.98. The molecule has 1 aromatic carbocycles. The van der Waals surface area contributed by atoms with Gasteiger partial charge in [-0.05, 0) is 5.56 Å². The third-order valence-corrected chi connectivity index (χ3v) is 3.25. The summed E-state index contributed by atoms with van der Waals surface area (Å²) in [6.45, 7) is -0.614. The third-order valence-electron chi connectivity index (χ3n) is 3.25. The highest BCUT2D eigenvalue weighted by Gasteiger charge is 2.38. The molecule has 0 saturated heterocycles. The fraction of sp³-hybridized carbons (Fsp3) is 0.333. The van der Waals surface area contributed by atoms with E-state index in [1.807, 2.05) is 0 Å². The summed E-state index contributed by atoms with van der Waals surface area (Å²) in [5, 5.41) is 14.6. The SMILES string of the molecule is COC(=O)C(CO)NC(=O)Cc1ccc(-c2noc(C(F)(F)F)n2)cc1. The van der Waals surface area contributed by atoms with E-state index in [1.165, 1.54) is 24.3 Å². The van der Waals surface area contributed by atoms with E-state index in [0.29, 0.717) is 5.56 Å². The summed E-state index contributed by atoms with van der Waals surface area (Å²) in [4.78, 5) is 26.4. The van der Waals surface area contributed by atoms with Crippen molar-refractivity contribution in [3.8, 4) is 11.4 Å². The number of nitrogens with one attached hydrogen (secondary N) is 1. The van der Waals surface area contributed by atoms with Crippen LogP contribution in [0.25, 0.3) is 11.4 Å². The van der Waals surface area contributed by atoms with Crippen molar-refractivity contribution in [3.05, 3.63) is 35.7 Å². The van der Waals surface area contributed by atoms with Crippen LogP contribution in [-0.4, -0.2) is 46.9 Å². The second-order valence-corrected chi connectivity index (χ2v) is 5.12. The number of methoxy groups -OCH3 is 1. The maximum absolute atomic E-state index is 12.4. The van der Waals surface area contributed by atoms with E-state index in [-0.39, 0.29) is 17.8 Å². The first-order valence-corrected chi connectivity index (χ1v) is 7.23. The minimum absolute atomic E-state index is 0.117. The van der Waals surface area contributed by atoms with Crippen LogP contribution in [-0.2, 0) is 26.9 Å². The monoisotopic (exact) mass is 373 g/mol. The highest BCUT2D eigenvalue weighted by molar-refractivity contribution is 5.85. The Hall–Kier alpha value is -2.95. The third kappa shape index (κ3) is 4.79. The fourth-order valence-corrected chi connectivity index (χ4v) is 1.98. The first-order valence-electron chi connectivity index (χ1n) is 7.23. The minimum Gasteiger partial charge on any atom is -0.467 e. The molecule has 1 unspecified atom stereocenters. The van der Waals surface area contributed by atoms with Gasteiger partial charge in [0, 0.05) is 5.56 Å². The number of aliphatic hydroxyl groups is 1. The summed E-state index contributed by atoms with van der Waals surface area (Å²) < 4.78 is 45.9. The van der Waals surface area contributed by atoms with E-state index in [1.54, 1.807) is 0 Å². The van der Waals surface area contributed by atoms with Gasteiger partial charge in [-0.1, -0.05) is 29.4 Å². The van der Waals surface area contributed by atoms with Gasteiger partial charge in [-0.25, -0.2) is 4.79 Å². The lowest BCUT2D eigenvalue weighted by atomic mass is 10.1. The molecule has 11 heteroatoms. The van der Waals surface area contributed by atoms with Gasteiger partial charge in [-0.2, -0.15) is 18.2 Å². The zero-order valence-electron chi connectivity index (χ0n) is 13.4. The number of aromatic nitrogens is 2. The number of carbonyl (C=O) groups is 2. The number of ether oxygens (including phenoxy) is 1. The quantitative estimate of drug-likeness (QED) is 0.725. The maximum Gasteiger partial charge on any atom is 0.471 e. The summed E-state index contributed by atoms with van der Waals surface area (Å²) in [5.41, 5.74) is 0.795. The number of aliphatic hydroxyl groups excluding tert-OH is 1. The number of alkyl halides is 3. The van der Waals surface area contributed by atoms with E-state index in [0.717, 1.165) is 7.11 Å². The van der Waals surface area contributed by atoms with Crippen molar-refractivity contribution >= 4 is 11.9 Å². The molecule has 26 heavy (non-hydrogen) atoms. The molecule has 1 heterocycles. The van der Waals surface area contributed by atoms with Crippen molar-refractivity contribution in [1.29, 1.82) is 0 Å². The van der Waals surface area contributed by atoms with Crippen molar-refractivity contribution < 1.29 is 37.1 Å². The molecule has 0 bridgehead atoms. The number of esters is 1. The van der Waals surface area contributed by atoms with Crippen molar-refractivity contribution in [3.63, 3.8) is 0 Å². The molecule has 0 aliphatic rings. The van der Waals surface area contributed by atoms with Crippen LogP contribution in [0.5, 0.6) is 0 Å². The normalized spacial score (nSPS) is 12.5. The van der Waals surface area contributed by atoms with Gasteiger partial charge in [0.05, 0.1) is 20.1 Å². The Bertz CT molecular complexity index is 774. The summed E-state index contributed by atoms with van der Waals surface area (Å²) >= 11 is 0. The molecule has 1 aromatic heterocycles. The van der Waals surface area contributed by atoms with E-state index in [2.05, 4.69) is 24.7 Å². The molecule has 0 saturated carbocycles. The Morgan fingerprint density at radius 3 is 2.46 bits per heavy atom. The minimum atomic E-state index is -4.73. The lowest BCUT2D eigenvalue weighted by molar-refractivity contribution is -0.159. The van der Waals surface area contributed by atoms with Crippen LogP contribution in [0.4, 0.5) is 13.2 Å². The van der Waals surface area contributed by atoms with Crippen LogP contribution in [0.3, 0.4) is 0 Å². The van der Waals surface area contributed by atoms with Gasteiger partial charge < -0.3 is 19.7 Å². The Morgan fingerprint density at radius 2 is 1.96 bits per heavy atom. The Balaban J connectivity index is 2.02. The number of hydrogen-bond acceptors (Lipinski definition) is 7. The maximum atomic E-state index is 12.4. The summed E-state index contributed by atoms with van der Waals surface area (Å²) in [6.07, 6.45) is -4.85. The molecule has 8 nitrogen and oxygen atoms in total. The van der Waals surface area contributed by atoms with Gasteiger partial charge in [-0.15, -0.1) is 0 Å². The molecular formula is C15H14F3N3O5. The summed E-state index contributed by atoms with van der Waals surface area (Å²) in [7, 11) is 1.12. The number of hydrogen-bond donors (Lipinski definition) is 2. The number of rotatable bonds is 6. The molecule has 2 aromatic rings. The Kier molecular flexibility index (Phi) is 5.93. The standard InChI is InChI=1S/C15H14F3N3O5/c1-25-13(24)10(7-22)19-11(23)6-8-2-4-9(5-3-8)12-20-14(26-21-12)15(16,17)18/h2-5,10,22H,6-7H2,1H3,(H,19,23).